The fraction of sp³-hybridized carbons (Fsp3) is 0.0833. The molecule has 1 N–H and O–H groups in total. The van der Waals surface area contributed by atoms with Crippen molar-refractivity contribution in [1.29, 1.82) is 0 Å². The van der Waals surface area contributed by atoms with Crippen molar-refractivity contribution in [2.75, 3.05) is 7.11 Å². The van der Waals surface area contributed by atoms with Crippen LogP contribution in [0.25, 0.3) is 0 Å². The molecule has 0 saturated carbocycles. The van der Waals surface area contributed by atoms with Crippen LogP contribution in [-0.2, 0) is 4.74 Å². The van der Waals surface area contributed by atoms with Crippen LogP contribution in [0, 0.1) is 5.82 Å². The SMILES string of the molecule is COC(=O)c1cc(F)ccc1Oc1cncnc1O. The number of aromatic hydroxyl groups is 1. The highest BCUT2D eigenvalue weighted by molar-refractivity contribution is 5.92. The van der Waals surface area contributed by atoms with Gasteiger partial charge >= 0.3 is 5.97 Å². The van der Waals surface area contributed by atoms with Crippen LogP contribution < -0.4 is 4.74 Å². The van der Waals surface area contributed by atoms with Crippen LogP contribution in [0.15, 0.2) is 30.7 Å². The fourth-order valence-electron chi connectivity index (χ4n) is 1.36. The van der Waals surface area contributed by atoms with Gasteiger partial charge in [-0.05, 0) is 18.2 Å². The predicted molar refractivity (Wildman–Crippen MR) is 61.5 cm³/mol. The van der Waals surface area contributed by atoms with Crippen LogP contribution in [0.3, 0.4) is 0 Å². The molecular formula is C12H9FN2O4. The Morgan fingerprint density at radius 2 is 2.16 bits per heavy atom. The molecule has 1 aromatic carbocycles. The van der Waals surface area contributed by atoms with Crippen molar-refractivity contribution in [3.8, 4) is 17.4 Å². The maximum Gasteiger partial charge on any atom is 0.341 e. The first-order valence-corrected chi connectivity index (χ1v) is 5.16. The van der Waals surface area contributed by atoms with Crippen molar-refractivity contribution in [2.24, 2.45) is 0 Å². The summed E-state index contributed by atoms with van der Waals surface area (Å²) < 4.78 is 22.9. The molecule has 0 saturated heterocycles. The van der Waals surface area contributed by atoms with Crippen LogP contribution in [-0.4, -0.2) is 28.2 Å². The monoisotopic (exact) mass is 264 g/mol. The van der Waals surface area contributed by atoms with E-state index in [9.17, 15) is 14.3 Å². The Bertz CT molecular complexity index is 618. The van der Waals surface area contributed by atoms with E-state index in [0.29, 0.717) is 0 Å². The minimum absolute atomic E-state index is 0.0263. The maximum atomic E-state index is 13.1. The van der Waals surface area contributed by atoms with Crippen molar-refractivity contribution in [2.45, 2.75) is 0 Å². The quantitative estimate of drug-likeness (QED) is 0.852. The number of esters is 1. The summed E-state index contributed by atoms with van der Waals surface area (Å²) in [4.78, 5) is 18.7. The van der Waals surface area contributed by atoms with Crippen molar-refractivity contribution >= 4 is 5.97 Å². The first kappa shape index (κ1) is 12.7. The van der Waals surface area contributed by atoms with Crippen molar-refractivity contribution in [3.05, 3.63) is 42.1 Å². The smallest absolute Gasteiger partial charge is 0.341 e. The second-order valence-electron chi connectivity index (χ2n) is 3.44. The van der Waals surface area contributed by atoms with Gasteiger partial charge in [-0.2, -0.15) is 4.98 Å². The highest BCUT2D eigenvalue weighted by Crippen LogP contribution is 2.30. The Labute approximate surface area is 107 Å². The van der Waals surface area contributed by atoms with E-state index in [4.69, 9.17) is 4.74 Å². The van der Waals surface area contributed by atoms with E-state index in [1.165, 1.54) is 19.4 Å². The second kappa shape index (κ2) is 5.30. The first-order chi connectivity index (χ1) is 9.11. The molecule has 6 nitrogen and oxygen atoms in total. The topological polar surface area (TPSA) is 81.5 Å². The van der Waals surface area contributed by atoms with E-state index in [-0.39, 0.29) is 17.1 Å². The van der Waals surface area contributed by atoms with Gasteiger partial charge in [-0.25, -0.2) is 14.2 Å². The van der Waals surface area contributed by atoms with E-state index in [0.717, 1.165) is 18.5 Å². The number of hydrogen-bond acceptors (Lipinski definition) is 6. The van der Waals surface area contributed by atoms with Gasteiger partial charge in [0.15, 0.2) is 0 Å². The lowest BCUT2D eigenvalue weighted by Gasteiger charge is -2.09. The molecule has 0 amide bonds. The molecule has 0 aliphatic carbocycles. The van der Waals surface area contributed by atoms with Gasteiger partial charge in [0.1, 0.15) is 23.5 Å². The Kier molecular flexibility index (Phi) is 3.56. The third-order valence-electron chi connectivity index (χ3n) is 2.23. The summed E-state index contributed by atoms with van der Waals surface area (Å²) in [6.45, 7) is 0. The number of methoxy groups -OCH3 is 1. The number of carbonyl (C=O) groups excluding carboxylic acids is 1. The standard InChI is InChI=1S/C12H9FN2O4/c1-18-12(17)8-4-7(13)2-3-9(8)19-10-5-14-6-15-11(10)16/h2-6H,1H3,(H,14,15,16). The number of ether oxygens (including phenoxy) is 2. The zero-order chi connectivity index (χ0) is 13.8. The number of hydrogen-bond donors (Lipinski definition) is 1. The molecule has 0 bridgehead atoms. The molecule has 1 heterocycles. The Hall–Kier alpha value is -2.70. The zero-order valence-corrected chi connectivity index (χ0v) is 9.83. The van der Waals surface area contributed by atoms with Gasteiger partial charge in [0.05, 0.1) is 13.3 Å². The highest BCUT2D eigenvalue weighted by atomic mass is 19.1. The van der Waals surface area contributed by atoms with E-state index in [2.05, 4.69) is 14.7 Å². The van der Waals surface area contributed by atoms with Crippen LogP contribution in [0.4, 0.5) is 4.39 Å². The van der Waals surface area contributed by atoms with Crippen LogP contribution >= 0.6 is 0 Å². The van der Waals surface area contributed by atoms with Gasteiger partial charge in [0.25, 0.3) is 5.88 Å². The molecular weight excluding hydrogens is 255 g/mol. The van der Waals surface area contributed by atoms with E-state index in [1.807, 2.05) is 0 Å². The lowest BCUT2D eigenvalue weighted by molar-refractivity contribution is 0.0597. The van der Waals surface area contributed by atoms with Gasteiger partial charge in [-0.3, -0.25) is 0 Å². The molecule has 0 fully saturated rings. The van der Waals surface area contributed by atoms with E-state index < -0.39 is 17.7 Å². The van der Waals surface area contributed by atoms with Crippen molar-refractivity contribution in [3.63, 3.8) is 0 Å². The second-order valence-corrected chi connectivity index (χ2v) is 3.44. The molecule has 7 heteroatoms. The fourth-order valence-corrected chi connectivity index (χ4v) is 1.36. The molecule has 2 aromatic rings. The molecule has 0 aliphatic heterocycles. The lowest BCUT2D eigenvalue weighted by Crippen LogP contribution is -2.04. The lowest BCUT2D eigenvalue weighted by atomic mass is 10.2. The summed E-state index contributed by atoms with van der Waals surface area (Å²) in [6, 6.07) is 3.33. The van der Waals surface area contributed by atoms with Gasteiger partial charge in [-0.1, -0.05) is 0 Å². The molecule has 0 atom stereocenters. The van der Waals surface area contributed by atoms with Gasteiger partial charge in [0, 0.05) is 0 Å². The Balaban J connectivity index is 2.40. The van der Waals surface area contributed by atoms with E-state index >= 15 is 0 Å². The molecule has 2 rings (SSSR count). The average Bonchev–Trinajstić information content (AvgIpc) is 2.42. The van der Waals surface area contributed by atoms with Gasteiger partial charge in [0.2, 0.25) is 5.75 Å². The number of nitrogens with zero attached hydrogens (tertiary/aromatic N) is 2. The van der Waals surface area contributed by atoms with E-state index in [1.54, 1.807) is 0 Å². The molecule has 0 unspecified atom stereocenters. The summed E-state index contributed by atoms with van der Waals surface area (Å²) in [5.41, 5.74) is -0.106. The number of benzene rings is 1. The minimum Gasteiger partial charge on any atom is -0.491 e. The van der Waals surface area contributed by atoms with Crippen molar-refractivity contribution in [1.82, 2.24) is 9.97 Å². The van der Waals surface area contributed by atoms with Crippen LogP contribution in [0.1, 0.15) is 10.4 Å². The summed E-state index contributed by atoms with van der Waals surface area (Å²) in [6.07, 6.45) is 2.35. The normalized spacial score (nSPS) is 10.0. The Morgan fingerprint density at radius 1 is 1.37 bits per heavy atom. The summed E-state index contributed by atoms with van der Waals surface area (Å²) in [5, 5.41) is 9.45. The third-order valence-corrected chi connectivity index (χ3v) is 2.23. The van der Waals surface area contributed by atoms with Crippen LogP contribution in [0.2, 0.25) is 0 Å². The highest BCUT2D eigenvalue weighted by Gasteiger charge is 2.16. The zero-order valence-electron chi connectivity index (χ0n) is 9.83. The third kappa shape index (κ3) is 2.76. The maximum absolute atomic E-state index is 13.1. The first-order valence-electron chi connectivity index (χ1n) is 5.16. The number of halogens is 1. The molecule has 19 heavy (non-hydrogen) atoms. The molecule has 0 aliphatic rings. The van der Waals surface area contributed by atoms with Gasteiger partial charge in [-0.15, -0.1) is 0 Å². The number of aromatic nitrogens is 2. The van der Waals surface area contributed by atoms with Gasteiger partial charge < -0.3 is 14.6 Å². The largest absolute Gasteiger partial charge is 0.491 e. The summed E-state index contributed by atoms with van der Waals surface area (Å²) in [7, 11) is 1.17. The minimum atomic E-state index is -0.758. The average molecular weight is 264 g/mol. The Morgan fingerprint density at radius 3 is 2.84 bits per heavy atom. The molecule has 0 radical (unpaired) electrons. The molecule has 98 valence electrons. The molecule has 0 spiro atoms. The number of rotatable bonds is 3. The molecule has 1 aromatic heterocycles. The summed E-state index contributed by atoms with van der Waals surface area (Å²) in [5.74, 6) is -1.79. The predicted octanol–water partition coefficient (Wildman–Crippen LogP) is 1.90. The number of carbonyl (C=O) groups is 1. The van der Waals surface area contributed by atoms with Crippen LogP contribution in [0.5, 0.6) is 17.4 Å². The summed E-state index contributed by atoms with van der Waals surface area (Å²) >= 11 is 0. The van der Waals surface area contributed by atoms with Crippen molar-refractivity contribution < 1.29 is 23.8 Å².